The summed E-state index contributed by atoms with van der Waals surface area (Å²) in [6, 6.07) is 3.19. The molecule has 0 amide bonds. The highest BCUT2D eigenvalue weighted by Gasteiger charge is 2.18. The van der Waals surface area contributed by atoms with E-state index in [1.165, 1.54) is 0 Å². The lowest BCUT2D eigenvalue weighted by Crippen LogP contribution is -2.35. The van der Waals surface area contributed by atoms with E-state index >= 15 is 0 Å². The Labute approximate surface area is 120 Å². The molecule has 0 unspecified atom stereocenters. The molecule has 0 fully saturated rings. The summed E-state index contributed by atoms with van der Waals surface area (Å²) in [5.74, 6) is -1.26. The van der Waals surface area contributed by atoms with E-state index in [1.54, 1.807) is 12.1 Å². The number of nitrogens with zero attached hydrogens (tertiary/aromatic N) is 2. The van der Waals surface area contributed by atoms with E-state index in [9.17, 15) is 8.78 Å². The summed E-state index contributed by atoms with van der Waals surface area (Å²) in [6.07, 6.45) is 0. The molecule has 5 heteroatoms. The largest absolute Gasteiger partial charge is 0.368 e. The predicted molar refractivity (Wildman–Crippen MR) is 79.9 cm³/mol. The molecule has 0 atom stereocenters. The topological polar surface area (TPSA) is 32.5 Å². The number of halogens is 2. The Morgan fingerprint density at radius 1 is 1.10 bits per heavy atom. The zero-order valence-corrected chi connectivity index (χ0v) is 12.8. The van der Waals surface area contributed by atoms with Crippen molar-refractivity contribution in [1.82, 2.24) is 4.90 Å². The maximum atomic E-state index is 14.2. The monoisotopic (exact) mass is 285 g/mol. The fourth-order valence-electron chi connectivity index (χ4n) is 2.05. The summed E-state index contributed by atoms with van der Waals surface area (Å²) >= 11 is 0. The third-order valence-electron chi connectivity index (χ3n) is 3.11. The van der Waals surface area contributed by atoms with Crippen LogP contribution in [0.3, 0.4) is 0 Å². The first-order valence-electron chi connectivity index (χ1n) is 6.93. The molecule has 1 aromatic carbocycles. The quantitative estimate of drug-likeness (QED) is 0.835. The highest BCUT2D eigenvalue weighted by Crippen LogP contribution is 2.25. The van der Waals surface area contributed by atoms with E-state index in [0.29, 0.717) is 24.7 Å². The Balaban J connectivity index is 3.03. The molecule has 0 aromatic heterocycles. The molecule has 3 nitrogen and oxygen atoms in total. The van der Waals surface area contributed by atoms with Crippen LogP contribution in [0.5, 0.6) is 0 Å². The average Bonchev–Trinajstić information content (AvgIpc) is 2.37. The first-order chi connectivity index (χ1) is 9.36. The molecule has 0 aliphatic rings. The van der Waals surface area contributed by atoms with Gasteiger partial charge in [-0.3, -0.25) is 0 Å². The van der Waals surface area contributed by atoms with E-state index in [4.69, 9.17) is 5.73 Å². The second-order valence-electron chi connectivity index (χ2n) is 5.72. The van der Waals surface area contributed by atoms with Crippen LogP contribution in [0.25, 0.3) is 0 Å². The summed E-state index contributed by atoms with van der Waals surface area (Å²) in [5.41, 5.74) is 5.92. The van der Waals surface area contributed by atoms with E-state index in [2.05, 4.69) is 13.8 Å². The van der Waals surface area contributed by atoms with Crippen molar-refractivity contribution in [2.75, 3.05) is 38.6 Å². The fourth-order valence-corrected chi connectivity index (χ4v) is 2.05. The van der Waals surface area contributed by atoms with Crippen molar-refractivity contribution in [2.24, 2.45) is 11.7 Å². The van der Waals surface area contributed by atoms with Crippen LogP contribution in [0.15, 0.2) is 12.1 Å². The van der Waals surface area contributed by atoms with Gasteiger partial charge in [-0.25, -0.2) is 8.78 Å². The van der Waals surface area contributed by atoms with E-state index < -0.39 is 11.6 Å². The van der Waals surface area contributed by atoms with Gasteiger partial charge in [0.1, 0.15) is 0 Å². The number of hydrogen-bond donors (Lipinski definition) is 1. The SMILES string of the molecule is CC(C)CN(CCN(C)C)c1ccc(CN)c(F)c1F. The molecule has 0 spiro atoms. The molecule has 1 aromatic rings. The van der Waals surface area contributed by atoms with Crippen LogP contribution in [-0.4, -0.2) is 38.6 Å². The summed E-state index contributed by atoms with van der Waals surface area (Å²) < 4.78 is 28.1. The zero-order chi connectivity index (χ0) is 15.3. The van der Waals surface area contributed by atoms with E-state index in [1.807, 2.05) is 23.9 Å². The molecule has 0 aliphatic carbocycles. The van der Waals surface area contributed by atoms with Crippen LogP contribution < -0.4 is 10.6 Å². The van der Waals surface area contributed by atoms with Crippen LogP contribution in [0.2, 0.25) is 0 Å². The van der Waals surface area contributed by atoms with Gasteiger partial charge in [-0.15, -0.1) is 0 Å². The fraction of sp³-hybridized carbons (Fsp3) is 0.600. The van der Waals surface area contributed by atoms with Crippen LogP contribution in [-0.2, 0) is 6.54 Å². The predicted octanol–water partition coefficient (Wildman–Crippen LogP) is 2.45. The normalized spacial score (nSPS) is 11.4. The number of rotatable bonds is 7. The summed E-state index contributed by atoms with van der Waals surface area (Å²) in [7, 11) is 3.92. The molecular weight excluding hydrogens is 260 g/mol. The smallest absolute Gasteiger partial charge is 0.182 e. The molecule has 2 N–H and O–H groups in total. The molecule has 20 heavy (non-hydrogen) atoms. The minimum atomic E-state index is -0.830. The van der Waals surface area contributed by atoms with Gasteiger partial charge in [0.05, 0.1) is 5.69 Å². The van der Waals surface area contributed by atoms with Gasteiger partial charge in [0.15, 0.2) is 11.6 Å². The molecule has 0 radical (unpaired) electrons. The Morgan fingerprint density at radius 3 is 2.25 bits per heavy atom. The van der Waals surface area contributed by atoms with E-state index in [-0.39, 0.29) is 12.1 Å². The zero-order valence-electron chi connectivity index (χ0n) is 12.8. The summed E-state index contributed by atoms with van der Waals surface area (Å²) in [4.78, 5) is 3.92. The van der Waals surface area contributed by atoms with Gasteiger partial charge in [-0.05, 0) is 26.1 Å². The minimum Gasteiger partial charge on any atom is -0.368 e. The average molecular weight is 285 g/mol. The first-order valence-corrected chi connectivity index (χ1v) is 6.93. The van der Waals surface area contributed by atoms with Gasteiger partial charge in [-0.2, -0.15) is 0 Å². The molecule has 0 bridgehead atoms. The van der Waals surface area contributed by atoms with Gasteiger partial charge in [0.25, 0.3) is 0 Å². The lowest BCUT2D eigenvalue weighted by Gasteiger charge is -2.28. The van der Waals surface area contributed by atoms with Crippen molar-refractivity contribution in [3.05, 3.63) is 29.3 Å². The van der Waals surface area contributed by atoms with Crippen LogP contribution in [0.1, 0.15) is 19.4 Å². The lowest BCUT2D eigenvalue weighted by molar-refractivity contribution is 0.406. The van der Waals surface area contributed by atoms with E-state index in [0.717, 1.165) is 6.54 Å². The number of benzene rings is 1. The van der Waals surface area contributed by atoms with Gasteiger partial charge in [0, 0.05) is 31.7 Å². The Kier molecular flexibility index (Phi) is 6.36. The number of anilines is 1. The highest BCUT2D eigenvalue weighted by atomic mass is 19.2. The standard InChI is InChI=1S/C15H25F2N3/c1-11(2)10-20(8-7-19(3)4)13-6-5-12(9-18)14(16)15(13)17/h5-6,11H,7-10,18H2,1-4H3. The highest BCUT2D eigenvalue weighted by molar-refractivity contribution is 5.50. The lowest BCUT2D eigenvalue weighted by atomic mass is 10.1. The third kappa shape index (κ3) is 4.42. The van der Waals surface area contributed by atoms with Crippen molar-refractivity contribution >= 4 is 5.69 Å². The second kappa shape index (κ2) is 7.55. The molecule has 0 saturated carbocycles. The number of likely N-dealkylation sites (N-methyl/N-ethyl adjacent to an activating group) is 1. The van der Waals surface area contributed by atoms with Crippen molar-refractivity contribution in [2.45, 2.75) is 20.4 Å². The minimum absolute atomic E-state index is 0.00487. The molecule has 114 valence electrons. The van der Waals surface area contributed by atoms with Crippen molar-refractivity contribution < 1.29 is 8.78 Å². The second-order valence-corrected chi connectivity index (χ2v) is 5.72. The molecule has 0 heterocycles. The van der Waals surface area contributed by atoms with Crippen LogP contribution >= 0.6 is 0 Å². The maximum absolute atomic E-state index is 14.2. The molecule has 0 aliphatic heterocycles. The number of hydrogen-bond acceptors (Lipinski definition) is 3. The first kappa shape index (κ1) is 16.9. The third-order valence-corrected chi connectivity index (χ3v) is 3.11. The molecule has 0 saturated heterocycles. The van der Waals surface area contributed by atoms with Gasteiger partial charge in [0.2, 0.25) is 0 Å². The van der Waals surface area contributed by atoms with Crippen molar-refractivity contribution in [3.8, 4) is 0 Å². The summed E-state index contributed by atoms with van der Waals surface area (Å²) in [6.45, 7) is 6.25. The van der Waals surface area contributed by atoms with Crippen LogP contribution in [0, 0.1) is 17.6 Å². The maximum Gasteiger partial charge on any atom is 0.182 e. The van der Waals surface area contributed by atoms with Crippen LogP contribution in [0.4, 0.5) is 14.5 Å². The van der Waals surface area contributed by atoms with Crippen molar-refractivity contribution in [1.29, 1.82) is 0 Å². The molecule has 1 rings (SSSR count). The van der Waals surface area contributed by atoms with Gasteiger partial charge >= 0.3 is 0 Å². The molecular formula is C15H25F2N3. The summed E-state index contributed by atoms with van der Waals surface area (Å²) in [5, 5.41) is 0. The van der Waals surface area contributed by atoms with Gasteiger partial charge < -0.3 is 15.5 Å². The Hall–Kier alpha value is -1.20. The Bertz CT molecular complexity index is 433. The number of nitrogens with two attached hydrogens (primary N) is 1. The van der Waals surface area contributed by atoms with Gasteiger partial charge in [-0.1, -0.05) is 19.9 Å². The Morgan fingerprint density at radius 2 is 1.75 bits per heavy atom. The van der Waals surface area contributed by atoms with Crippen molar-refractivity contribution in [3.63, 3.8) is 0 Å².